The van der Waals surface area contributed by atoms with E-state index in [1.54, 1.807) is 0 Å². The molecule has 0 radical (unpaired) electrons. The zero-order valence-electron chi connectivity index (χ0n) is 11.6. The van der Waals surface area contributed by atoms with E-state index < -0.39 is 0 Å². The zero-order valence-corrected chi connectivity index (χ0v) is 11.6. The van der Waals surface area contributed by atoms with Gasteiger partial charge in [-0.15, -0.1) is 0 Å². The Morgan fingerprint density at radius 3 is 2.83 bits per heavy atom. The average Bonchev–Trinajstić information content (AvgIpc) is 2.34. The molecule has 1 fully saturated rings. The normalized spacial score (nSPS) is 27.1. The molecule has 100 valence electrons. The highest BCUT2D eigenvalue weighted by Crippen LogP contribution is 2.19. The van der Waals surface area contributed by atoms with Gasteiger partial charge in [-0.1, -0.05) is 24.3 Å². The first-order valence-electron chi connectivity index (χ1n) is 6.74. The van der Waals surface area contributed by atoms with Crippen LogP contribution in [0.3, 0.4) is 0 Å². The molecule has 3 unspecified atom stereocenters. The summed E-state index contributed by atoms with van der Waals surface area (Å²) in [5, 5.41) is 0. The first-order valence-corrected chi connectivity index (χ1v) is 6.74. The quantitative estimate of drug-likeness (QED) is 0.890. The van der Waals surface area contributed by atoms with Crippen molar-refractivity contribution in [3.8, 4) is 0 Å². The largest absolute Gasteiger partial charge is 0.376 e. The fraction of sp³-hybridized carbons (Fsp3) is 0.600. The van der Waals surface area contributed by atoms with Gasteiger partial charge in [0, 0.05) is 25.2 Å². The summed E-state index contributed by atoms with van der Waals surface area (Å²) in [6, 6.07) is 8.92. The van der Waals surface area contributed by atoms with Gasteiger partial charge in [0.25, 0.3) is 0 Å². The van der Waals surface area contributed by atoms with Crippen molar-refractivity contribution >= 4 is 0 Å². The van der Waals surface area contributed by atoms with Gasteiger partial charge in [-0.25, -0.2) is 0 Å². The van der Waals surface area contributed by atoms with E-state index in [0.717, 1.165) is 19.7 Å². The van der Waals surface area contributed by atoms with Crippen LogP contribution in [0.4, 0.5) is 0 Å². The van der Waals surface area contributed by atoms with E-state index in [0.29, 0.717) is 12.1 Å². The van der Waals surface area contributed by atoms with Crippen molar-refractivity contribution in [2.75, 3.05) is 19.7 Å². The summed E-state index contributed by atoms with van der Waals surface area (Å²) in [5.41, 5.74) is 8.88. The smallest absolute Gasteiger partial charge is 0.0674 e. The highest BCUT2D eigenvalue weighted by molar-refractivity contribution is 5.28. The molecule has 0 spiro atoms. The monoisotopic (exact) mass is 248 g/mol. The number of hydrogen-bond donors (Lipinski definition) is 1. The Labute approximate surface area is 110 Å². The molecule has 1 aliphatic rings. The van der Waals surface area contributed by atoms with Gasteiger partial charge in [0.1, 0.15) is 0 Å². The average molecular weight is 248 g/mol. The Hall–Kier alpha value is -0.900. The van der Waals surface area contributed by atoms with Crippen molar-refractivity contribution in [2.24, 2.45) is 5.73 Å². The van der Waals surface area contributed by atoms with Crippen molar-refractivity contribution in [3.05, 3.63) is 35.4 Å². The van der Waals surface area contributed by atoms with E-state index in [1.165, 1.54) is 11.1 Å². The number of benzene rings is 1. The number of hydrogen-bond acceptors (Lipinski definition) is 3. The van der Waals surface area contributed by atoms with Crippen LogP contribution in [0.25, 0.3) is 0 Å². The lowest BCUT2D eigenvalue weighted by Crippen LogP contribution is -2.49. The molecule has 0 aliphatic carbocycles. The van der Waals surface area contributed by atoms with E-state index in [9.17, 15) is 0 Å². The van der Waals surface area contributed by atoms with Crippen molar-refractivity contribution in [1.29, 1.82) is 0 Å². The van der Waals surface area contributed by atoms with Crippen LogP contribution < -0.4 is 5.73 Å². The lowest BCUT2D eigenvalue weighted by molar-refractivity contribution is -0.0510. The van der Waals surface area contributed by atoms with Gasteiger partial charge in [0.05, 0.1) is 12.7 Å². The van der Waals surface area contributed by atoms with Gasteiger partial charge in [0.15, 0.2) is 0 Å². The second kappa shape index (κ2) is 5.83. The van der Waals surface area contributed by atoms with E-state index >= 15 is 0 Å². The van der Waals surface area contributed by atoms with Gasteiger partial charge in [0.2, 0.25) is 0 Å². The minimum atomic E-state index is 0.0824. The first-order chi connectivity index (χ1) is 8.58. The summed E-state index contributed by atoms with van der Waals surface area (Å²) in [4.78, 5) is 2.44. The Morgan fingerprint density at radius 2 is 2.11 bits per heavy atom. The molecule has 1 saturated heterocycles. The molecule has 1 aliphatic heterocycles. The zero-order chi connectivity index (χ0) is 13.1. The third kappa shape index (κ3) is 3.10. The summed E-state index contributed by atoms with van der Waals surface area (Å²) in [6.07, 6.45) is 0.310. The molecule has 0 bridgehead atoms. The summed E-state index contributed by atoms with van der Waals surface area (Å²) in [7, 11) is 0. The van der Waals surface area contributed by atoms with Crippen LogP contribution in [0.2, 0.25) is 0 Å². The third-order valence-corrected chi connectivity index (χ3v) is 3.76. The Morgan fingerprint density at radius 1 is 1.39 bits per heavy atom. The Balaban J connectivity index is 2.02. The molecule has 2 N–H and O–H groups in total. The summed E-state index contributed by atoms with van der Waals surface area (Å²) in [5.74, 6) is 0. The molecule has 3 heteroatoms. The number of nitrogens with zero attached hydrogens (tertiary/aromatic N) is 1. The van der Waals surface area contributed by atoms with Crippen LogP contribution in [0, 0.1) is 6.92 Å². The highest BCUT2D eigenvalue weighted by atomic mass is 16.5. The molecule has 1 aromatic rings. The van der Waals surface area contributed by atoms with Crippen molar-refractivity contribution in [1.82, 2.24) is 4.90 Å². The molecule has 18 heavy (non-hydrogen) atoms. The number of morpholine rings is 1. The SMILES string of the molecule is Cc1ccccc1C(N)CN1CC(C)OCC1C. The van der Waals surface area contributed by atoms with E-state index in [4.69, 9.17) is 10.5 Å². The summed E-state index contributed by atoms with van der Waals surface area (Å²) in [6.45, 7) is 9.14. The van der Waals surface area contributed by atoms with E-state index in [2.05, 4.69) is 49.9 Å². The van der Waals surface area contributed by atoms with Crippen LogP contribution in [0.1, 0.15) is 31.0 Å². The van der Waals surface area contributed by atoms with E-state index in [-0.39, 0.29) is 6.04 Å². The van der Waals surface area contributed by atoms with Crippen molar-refractivity contribution in [2.45, 2.75) is 39.0 Å². The van der Waals surface area contributed by atoms with Crippen LogP contribution >= 0.6 is 0 Å². The number of nitrogens with two attached hydrogens (primary N) is 1. The second-order valence-corrected chi connectivity index (χ2v) is 5.41. The fourth-order valence-electron chi connectivity index (χ4n) is 2.58. The molecule has 1 aromatic carbocycles. The highest BCUT2D eigenvalue weighted by Gasteiger charge is 2.25. The minimum absolute atomic E-state index is 0.0824. The molecule has 0 amide bonds. The lowest BCUT2D eigenvalue weighted by atomic mass is 10.0. The number of aryl methyl sites for hydroxylation is 1. The predicted octanol–water partition coefficient (Wildman–Crippen LogP) is 2.10. The lowest BCUT2D eigenvalue weighted by Gasteiger charge is -2.38. The maximum atomic E-state index is 6.35. The Kier molecular flexibility index (Phi) is 4.38. The summed E-state index contributed by atoms with van der Waals surface area (Å²) >= 11 is 0. The van der Waals surface area contributed by atoms with Gasteiger partial charge in [-0.2, -0.15) is 0 Å². The number of rotatable bonds is 3. The van der Waals surface area contributed by atoms with Crippen LogP contribution in [-0.4, -0.2) is 36.7 Å². The minimum Gasteiger partial charge on any atom is -0.376 e. The van der Waals surface area contributed by atoms with Gasteiger partial charge in [-0.3, -0.25) is 4.90 Å². The molecule has 0 aromatic heterocycles. The van der Waals surface area contributed by atoms with Gasteiger partial charge < -0.3 is 10.5 Å². The Bertz CT molecular complexity index is 394. The third-order valence-electron chi connectivity index (χ3n) is 3.76. The topological polar surface area (TPSA) is 38.5 Å². The van der Waals surface area contributed by atoms with Crippen LogP contribution in [-0.2, 0) is 4.74 Å². The van der Waals surface area contributed by atoms with Gasteiger partial charge >= 0.3 is 0 Å². The fourth-order valence-corrected chi connectivity index (χ4v) is 2.58. The molecule has 0 saturated carbocycles. The maximum Gasteiger partial charge on any atom is 0.0674 e. The molecule has 3 atom stereocenters. The summed E-state index contributed by atoms with van der Waals surface area (Å²) < 4.78 is 5.65. The standard InChI is InChI=1S/C15H24N2O/c1-11-6-4-5-7-14(11)15(16)9-17-8-13(3)18-10-12(17)2/h4-7,12-13,15H,8-10,16H2,1-3H3. The van der Waals surface area contributed by atoms with Crippen molar-refractivity contribution < 1.29 is 4.74 Å². The van der Waals surface area contributed by atoms with Gasteiger partial charge in [-0.05, 0) is 31.9 Å². The first kappa shape index (κ1) is 13.5. The predicted molar refractivity (Wildman–Crippen MR) is 74.6 cm³/mol. The molecule has 1 heterocycles. The second-order valence-electron chi connectivity index (χ2n) is 5.41. The van der Waals surface area contributed by atoms with Crippen LogP contribution in [0.5, 0.6) is 0 Å². The number of ether oxygens (including phenoxy) is 1. The molecule has 3 nitrogen and oxygen atoms in total. The van der Waals surface area contributed by atoms with Crippen molar-refractivity contribution in [3.63, 3.8) is 0 Å². The molecule has 2 rings (SSSR count). The molecular weight excluding hydrogens is 224 g/mol. The maximum absolute atomic E-state index is 6.35. The molecular formula is C15H24N2O. The van der Waals surface area contributed by atoms with E-state index in [1.807, 2.05) is 0 Å². The van der Waals surface area contributed by atoms with Crippen LogP contribution in [0.15, 0.2) is 24.3 Å².